The molecule has 0 saturated heterocycles. The lowest BCUT2D eigenvalue weighted by atomic mass is 10.1. The molecule has 0 radical (unpaired) electrons. The predicted octanol–water partition coefficient (Wildman–Crippen LogP) is 2.38. The van der Waals surface area contributed by atoms with Gasteiger partial charge >= 0.3 is 0 Å². The average molecular weight is 206 g/mol. The molecule has 0 aliphatic carbocycles. The fraction of sp³-hybridized carbons (Fsp3) is 1.00. The highest BCUT2D eigenvalue weighted by Crippen LogP contribution is 2.04. The van der Waals surface area contributed by atoms with E-state index < -0.39 is 0 Å². The van der Waals surface area contributed by atoms with Gasteiger partial charge in [0.2, 0.25) is 0 Å². The number of hydrogen-bond acceptors (Lipinski definition) is 3. The van der Waals surface area contributed by atoms with Crippen LogP contribution in [-0.2, 0) is 9.47 Å². The van der Waals surface area contributed by atoms with E-state index in [9.17, 15) is 0 Å². The largest absolute Gasteiger partial charge is 0.379 e. The Balaban J connectivity index is 3.14. The summed E-state index contributed by atoms with van der Waals surface area (Å²) in [5.41, 5.74) is 0. The zero-order chi connectivity index (χ0) is 10.1. The summed E-state index contributed by atoms with van der Waals surface area (Å²) in [4.78, 5) is 0. The summed E-state index contributed by atoms with van der Waals surface area (Å²) in [7, 11) is 0. The summed E-state index contributed by atoms with van der Waals surface area (Å²) in [6.07, 6.45) is 1.43. The van der Waals surface area contributed by atoms with E-state index in [1.807, 2.05) is 13.8 Å². The fourth-order valence-electron chi connectivity index (χ4n) is 0.892. The maximum Gasteiger partial charge on any atom is 0.0703 e. The van der Waals surface area contributed by atoms with Gasteiger partial charge in [-0.15, -0.1) is 0 Å². The molecule has 0 fully saturated rings. The lowest BCUT2D eigenvalue weighted by Gasteiger charge is -2.12. The minimum absolute atomic E-state index is 0.301. The monoisotopic (exact) mass is 206 g/mol. The van der Waals surface area contributed by atoms with Gasteiger partial charge < -0.3 is 9.47 Å². The van der Waals surface area contributed by atoms with E-state index in [1.54, 1.807) is 0 Å². The first-order chi connectivity index (χ1) is 6.20. The molecule has 0 amide bonds. The molecule has 0 spiro atoms. The van der Waals surface area contributed by atoms with Crippen LogP contribution < -0.4 is 0 Å². The molecule has 0 aliphatic rings. The molecular formula is C10H22O2S. The zero-order valence-electron chi connectivity index (χ0n) is 8.95. The summed E-state index contributed by atoms with van der Waals surface area (Å²) in [5, 5.41) is 0. The Labute approximate surface area is 87.4 Å². The van der Waals surface area contributed by atoms with Crippen molar-refractivity contribution >= 4 is 12.6 Å². The van der Waals surface area contributed by atoms with Crippen LogP contribution in [-0.4, -0.2) is 31.7 Å². The average Bonchev–Trinajstić information content (AvgIpc) is 2.11. The van der Waals surface area contributed by atoms with Crippen molar-refractivity contribution in [2.45, 2.75) is 33.3 Å². The van der Waals surface area contributed by atoms with Gasteiger partial charge in [-0.3, -0.25) is 0 Å². The van der Waals surface area contributed by atoms with E-state index in [-0.39, 0.29) is 0 Å². The second-order valence-corrected chi connectivity index (χ2v) is 3.82. The van der Waals surface area contributed by atoms with Gasteiger partial charge in [0, 0.05) is 0 Å². The smallest absolute Gasteiger partial charge is 0.0703 e. The first kappa shape index (κ1) is 13.3. The molecular weight excluding hydrogens is 184 g/mol. The van der Waals surface area contributed by atoms with Crippen LogP contribution >= 0.6 is 12.6 Å². The standard InChI is InChI=1S/C10H22O2S/c1-4-10(8-13)7-11-5-6-12-9(2)3/h9-10,13H,4-8H2,1-3H3. The highest BCUT2D eigenvalue weighted by Gasteiger charge is 2.03. The molecule has 1 unspecified atom stereocenters. The van der Waals surface area contributed by atoms with Crippen molar-refractivity contribution in [2.24, 2.45) is 5.92 Å². The van der Waals surface area contributed by atoms with E-state index in [1.165, 1.54) is 0 Å². The molecule has 0 saturated carbocycles. The third-order valence-corrected chi connectivity index (χ3v) is 2.38. The Kier molecular flexibility index (Phi) is 9.03. The van der Waals surface area contributed by atoms with Gasteiger partial charge in [-0.2, -0.15) is 12.6 Å². The van der Waals surface area contributed by atoms with E-state index in [2.05, 4.69) is 19.6 Å². The van der Waals surface area contributed by atoms with Gasteiger partial charge in [-0.05, 0) is 25.5 Å². The van der Waals surface area contributed by atoms with Gasteiger partial charge in [0.25, 0.3) is 0 Å². The van der Waals surface area contributed by atoms with Gasteiger partial charge in [0.05, 0.1) is 25.9 Å². The van der Waals surface area contributed by atoms with Crippen molar-refractivity contribution in [3.8, 4) is 0 Å². The molecule has 0 aromatic carbocycles. The third kappa shape index (κ3) is 8.60. The van der Waals surface area contributed by atoms with Crippen LogP contribution in [0.3, 0.4) is 0 Å². The molecule has 13 heavy (non-hydrogen) atoms. The molecule has 2 nitrogen and oxygen atoms in total. The Morgan fingerprint density at radius 1 is 1.23 bits per heavy atom. The van der Waals surface area contributed by atoms with Gasteiger partial charge in [0.15, 0.2) is 0 Å². The molecule has 1 atom stereocenters. The number of ether oxygens (including phenoxy) is 2. The van der Waals surface area contributed by atoms with Crippen LogP contribution in [0.2, 0.25) is 0 Å². The fourth-order valence-corrected chi connectivity index (χ4v) is 1.26. The number of rotatable bonds is 8. The van der Waals surface area contributed by atoms with Crippen molar-refractivity contribution in [3.63, 3.8) is 0 Å². The normalized spacial score (nSPS) is 13.6. The SMILES string of the molecule is CCC(CS)COCCOC(C)C. The second-order valence-electron chi connectivity index (χ2n) is 3.45. The Hall–Kier alpha value is 0.270. The van der Waals surface area contributed by atoms with Crippen molar-refractivity contribution in [2.75, 3.05) is 25.6 Å². The number of thiol groups is 1. The molecule has 0 N–H and O–H groups in total. The molecule has 3 heteroatoms. The summed E-state index contributed by atoms with van der Waals surface area (Å²) in [6, 6.07) is 0. The molecule has 80 valence electrons. The maximum atomic E-state index is 5.45. The van der Waals surface area contributed by atoms with Gasteiger partial charge in [-0.1, -0.05) is 13.3 Å². The first-order valence-electron chi connectivity index (χ1n) is 5.00. The molecule has 0 heterocycles. The highest BCUT2D eigenvalue weighted by molar-refractivity contribution is 7.80. The molecule has 0 bridgehead atoms. The van der Waals surface area contributed by atoms with E-state index in [0.717, 1.165) is 18.8 Å². The topological polar surface area (TPSA) is 18.5 Å². The molecule has 0 aromatic heterocycles. The van der Waals surface area contributed by atoms with Crippen molar-refractivity contribution in [1.29, 1.82) is 0 Å². The minimum atomic E-state index is 0.301. The summed E-state index contributed by atoms with van der Waals surface area (Å²) in [6.45, 7) is 8.42. The zero-order valence-corrected chi connectivity index (χ0v) is 9.85. The Morgan fingerprint density at radius 3 is 2.38 bits per heavy atom. The molecule has 0 aromatic rings. The van der Waals surface area contributed by atoms with E-state index >= 15 is 0 Å². The van der Waals surface area contributed by atoms with Crippen LogP contribution in [0.1, 0.15) is 27.2 Å². The predicted molar refractivity (Wildman–Crippen MR) is 59.5 cm³/mol. The van der Waals surface area contributed by atoms with E-state index in [0.29, 0.717) is 25.2 Å². The summed E-state index contributed by atoms with van der Waals surface area (Å²) < 4.78 is 10.8. The highest BCUT2D eigenvalue weighted by atomic mass is 32.1. The Bertz CT molecular complexity index is 103. The van der Waals surface area contributed by atoms with Crippen LogP contribution in [0, 0.1) is 5.92 Å². The quantitative estimate of drug-likeness (QED) is 0.485. The lowest BCUT2D eigenvalue weighted by molar-refractivity contribution is 0.0115. The van der Waals surface area contributed by atoms with Gasteiger partial charge in [0.1, 0.15) is 0 Å². The van der Waals surface area contributed by atoms with Crippen LogP contribution in [0.5, 0.6) is 0 Å². The summed E-state index contributed by atoms with van der Waals surface area (Å²) in [5.74, 6) is 1.49. The maximum absolute atomic E-state index is 5.45. The van der Waals surface area contributed by atoms with Crippen molar-refractivity contribution in [3.05, 3.63) is 0 Å². The third-order valence-electron chi connectivity index (χ3n) is 1.87. The Morgan fingerprint density at radius 2 is 1.92 bits per heavy atom. The molecule has 0 aliphatic heterocycles. The lowest BCUT2D eigenvalue weighted by Crippen LogP contribution is -2.15. The first-order valence-corrected chi connectivity index (χ1v) is 5.64. The minimum Gasteiger partial charge on any atom is -0.379 e. The van der Waals surface area contributed by atoms with Crippen LogP contribution in [0.4, 0.5) is 0 Å². The van der Waals surface area contributed by atoms with Crippen molar-refractivity contribution in [1.82, 2.24) is 0 Å². The second kappa shape index (κ2) is 8.85. The number of hydrogen-bond donors (Lipinski definition) is 1. The summed E-state index contributed by atoms with van der Waals surface area (Å²) >= 11 is 4.24. The van der Waals surface area contributed by atoms with Crippen LogP contribution in [0.25, 0.3) is 0 Å². The van der Waals surface area contributed by atoms with Crippen LogP contribution in [0.15, 0.2) is 0 Å². The van der Waals surface area contributed by atoms with Gasteiger partial charge in [-0.25, -0.2) is 0 Å². The molecule has 0 rings (SSSR count). The van der Waals surface area contributed by atoms with E-state index in [4.69, 9.17) is 9.47 Å². The van der Waals surface area contributed by atoms with Crippen molar-refractivity contribution < 1.29 is 9.47 Å².